The van der Waals surface area contributed by atoms with Gasteiger partial charge in [-0.1, -0.05) is 268 Å². The number of ketones is 5. The van der Waals surface area contributed by atoms with Gasteiger partial charge in [-0.15, -0.1) is 0 Å². The molecule has 25 nitrogen and oxygen atoms in total. The maximum atomic E-state index is 12.3. The Balaban J connectivity index is 0.000000148. The second-order valence-corrected chi connectivity index (χ2v) is 45.9. The molecule has 0 fully saturated rings. The Kier molecular flexibility index (Phi) is 35.3. The Morgan fingerprint density at radius 3 is 1.22 bits per heavy atom. The first-order chi connectivity index (χ1) is 69.5. The van der Waals surface area contributed by atoms with Crippen molar-refractivity contribution in [2.75, 3.05) is 59.8 Å². The average Bonchev–Trinajstić information content (AvgIpc) is 1.60. The Morgan fingerprint density at radius 1 is 0.419 bits per heavy atom. The monoisotopic (exact) mass is 2040 g/mol. The number of likely N-dealkylation sites (N-methyl/N-ethyl adjacent to an activating group) is 4. The Bertz CT molecular complexity index is 7090. The zero-order valence-electron chi connectivity index (χ0n) is 90.8. The highest BCUT2D eigenvalue weighted by atomic mass is 32.2. The lowest BCUT2D eigenvalue weighted by Crippen LogP contribution is -2.35. The van der Waals surface area contributed by atoms with E-state index in [-0.39, 0.29) is 52.0 Å². The molecule has 0 bridgehead atoms. The molecule has 1 unspecified atom stereocenters. The molecule has 27 heteroatoms. The minimum Gasteiger partial charge on any atom is -0.410 e. The van der Waals surface area contributed by atoms with E-state index in [2.05, 4.69) is 242 Å². The van der Waals surface area contributed by atoms with Gasteiger partial charge in [0.15, 0.2) is 39.6 Å². The van der Waals surface area contributed by atoms with E-state index in [4.69, 9.17) is 21.3 Å². The number of nitrogens with two attached hydrogens (primary N) is 2. The molecule has 778 valence electrons. The molecule has 9 aromatic carbocycles. The van der Waals surface area contributed by atoms with Gasteiger partial charge in [-0.2, -0.15) is 9.41 Å². The first kappa shape index (κ1) is 113. The molecule has 4 aliphatic carbocycles. The van der Waals surface area contributed by atoms with Crippen molar-refractivity contribution in [2.45, 2.75) is 269 Å². The van der Waals surface area contributed by atoms with Crippen molar-refractivity contribution in [3.05, 3.63) is 320 Å². The van der Waals surface area contributed by atoms with Crippen LogP contribution in [0.3, 0.4) is 0 Å². The van der Waals surface area contributed by atoms with Crippen LogP contribution in [0.15, 0.2) is 185 Å². The number of nitrogens with zero attached hydrogens (tertiary/aromatic N) is 9. The van der Waals surface area contributed by atoms with Crippen LogP contribution in [0.1, 0.15) is 353 Å². The molecular formula is C121H143N11O14S2. The summed E-state index contributed by atoms with van der Waals surface area (Å²) in [6, 6.07) is 55.1. The number of rotatable bonds is 12. The van der Waals surface area contributed by atoms with Gasteiger partial charge in [-0.3, -0.25) is 43.2 Å². The first-order valence-corrected chi connectivity index (χ1v) is 53.4. The fourth-order valence-electron chi connectivity index (χ4n) is 19.0. The second-order valence-electron chi connectivity index (χ2n) is 42.9. The smallest absolute Gasteiger partial charge is 0.299 e. The molecule has 4 amide bonds. The lowest BCUT2D eigenvalue weighted by atomic mass is 9.84. The van der Waals surface area contributed by atoms with Crippen molar-refractivity contribution in [3.8, 4) is 0 Å². The highest BCUT2D eigenvalue weighted by molar-refractivity contribution is 7.88. The van der Waals surface area contributed by atoms with Gasteiger partial charge in [-0.05, 0) is 248 Å². The summed E-state index contributed by atoms with van der Waals surface area (Å²) in [6.07, 6.45) is 9.15. The van der Waals surface area contributed by atoms with Crippen molar-refractivity contribution < 1.29 is 66.4 Å². The fraction of sp³-hybridized carbons (Fsp3) is 0.380. The molecule has 5 aliphatic heterocycles. The SMILES string of the molecule is CC(C)c1ccc2c(c1)/C(=C\c1cnc(N)s1)C(=O)C2.CC(C)c1ccc2c(c1)/C(=N\N)C(=O)C2.CC(C)c1ccc2c(c1)/C(=N\O)C(=O)C2.CC(C)c1ccc2c(c1)C(=O)C(=O)N2C.CC(C)c1ccc2c(c1)C(C)(C)C(=O)N2C.CC(C)c1ccc2c(c1)C(C)(O)C(=O)N2C.CC(C)c1ccc2c(c1)CC(=O)N2C.CC(C)c1ccc2c(c1)CN(S(C)(=O)=O)C2.Cc1noc(C)c1/C=C1\C(=O)Cc2ccc(C(C)C)cc21. The van der Waals surface area contributed by atoms with E-state index in [9.17, 15) is 56.7 Å². The molecule has 7 heterocycles. The summed E-state index contributed by atoms with van der Waals surface area (Å²) in [7, 11) is 3.94. The molecule has 0 spiro atoms. The topological polar surface area (TPSA) is 360 Å². The fourth-order valence-corrected chi connectivity index (χ4v) is 20.4. The zero-order chi connectivity index (χ0) is 109. The molecule has 0 saturated carbocycles. The van der Waals surface area contributed by atoms with Gasteiger partial charge in [0.1, 0.15) is 11.5 Å². The number of nitrogen functional groups attached to an aromatic ring is 1. The molecule has 9 aliphatic rings. The summed E-state index contributed by atoms with van der Waals surface area (Å²) < 4.78 is 29.6. The summed E-state index contributed by atoms with van der Waals surface area (Å²) in [5.41, 5.74) is 36.4. The van der Waals surface area contributed by atoms with Crippen molar-refractivity contribution in [1.29, 1.82) is 0 Å². The number of carbonyl (C=O) groups is 9. The number of hydrazone groups is 1. The standard InChI is InChI=1S/C18H19NO2.C16H16N2OS.C14H19NO.C13H17NO2.C12H14N2O.C12H17NO2S.2C12H13NO2.C12H15NO/c1-10(2)13-5-6-14-8-18(20)17(16(14)7-13)9-15-11(3)19-21-12(15)4;1-9(2)10-3-4-11-6-15(19)14(13(11)5-10)7-12-8-18-16(17)20-12;1-9(2)10-6-7-12-11(8-10)14(3,4)13(16)15(12)5;1-8(2)9-5-6-11-10(7-9)13(3,16)12(15)14(11)4;1-7(2)8-3-4-9-6-11(15)12(14-13)10(9)5-8;1-9(2)10-4-5-11-7-13(16(3,14)15)8-12(11)6-10;1-7(2)8-4-5-10-9(6-8)11(14)12(15)13(10)3;1-7(2)8-3-4-9-6-11(14)12(13-15)10(9)5-8;1-8(2)9-4-5-11-10(6-9)7-12(14)13(11)3/h5-7,9-10H,8H2,1-4H3;3-5,7-9H,6H2,1-2H3,(H2,17,18);6-9H,1-5H3;5-8,16H,1-4H3;3-5,7H,6,13H2,1-2H3;4-6,9H,7-8H2,1-3H3;4-7H,1-3H3;3-5,7,15H,6H2,1-2H3;4-6,8H,7H2,1-3H3/b17-9-;14-7+;;;14-12+;;;13-12+;. The molecule has 11 aromatic rings. The lowest BCUT2D eigenvalue weighted by molar-refractivity contribution is -0.134. The Hall–Kier alpha value is -13.9. The van der Waals surface area contributed by atoms with Crippen LogP contribution >= 0.6 is 11.3 Å². The maximum Gasteiger partial charge on any atom is 0.299 e. The lowest BCUT2D eigenvalue weighted by Gasteiger charge is -2.17. The Labute approximate surface area is 876 Å². The minimum atomic E-state index is -3.07. The van der Waals surface area contributed by atoms with Crippen LogP contribution in [-0.2, 0) is 105 Å². The van der Waals surface area contributed by atoms with Crippen LogP contribution in [0.25, 0.3) is 23.3 Å². The molecular weight excluding hydrogens is 1900 g/mol. The third-order valence-electron chi connectivity index (χ3n) is 28.8. The van der Waals surface area contributed by atoms with E-state index in [1.165, 1.54) is 70.6 Å². The van der Waals surface area contributed by atoms with E-state index in [0.717, 1.165) is 134 Å². The minimum absolute atomic E-state index is 0.0217. The van der Waals surface area contributed by atoms with E-state index < -0.39 is 27.3 Å². The molecule has 1 atom stereocenters. The Morgan fingerprint density at radius 2 is 0.784 bits per heavy atom. The molecule has 6 N–H and O–H groups in total. The largest absolute Gasteiger partial charge is 0.410 e. The summed E-state index contributed by atoms with van der Waals surface area (Å²) in [5, 5.41) is 30.1. The van der Waals surface area contributed by atoms with E-state index >= 15 is 0 Å². The molecule has 20 rings (SSSR count). The second kappa shape index (κ2) is 46.3. The van der Waals surface area contributed by atoms with E-state index in [1.54, 1.807) is 37.0 Å². The van der Waals surface area contributed by atoms with Crippen LogP contribution in [0.2, 0.25) is 0 Å². The number of anilines is 5. The number of Topliss-reactive ketones (excluding diaryl/α,β-unsaturated/α-hetero) is 5. The van der Waals surface area contributed by atoms with Crippen LogP contribution in [0, 0.1) is 13.8 Å². The number of sulfonamides is 1. The van der Waals surface area contributed by atoms with Gasteiger partial charge in [-0.25, -0.2) is 13.4 Å². The number of oxime groups is 1. The predicted octanol–water partition coefficient (Wildman–Crippen LogP) is 22.7. The van der Waals surface area contributed by atoms with Gasteiger partial charge < -0.3 is 46.0 Å². The van der Waals surface area contributed by atoms with Crippen molar-refractivity contribution >= 4 is 137 Å². The normalized spacial score (nSPS) is 17.4. The number of hydrogen-bond donors (Lipinski definition) is 4. The number of aliphatic hydroxyl groups is 1. The molecule has 2 aromatic heterocycles. The van der Waals surface area contributed by atoms with Gasteiger partial charge in [0.05, 0.1) is 40.7 Å². The average molecular weight is 2040 g/mol. The van der Waals surface area contributed by atoms with Gasteiger partial charge in [0.2, 0.25) is 21.8 Å². The van der Waals surface area contributed by atoms with Gasteiger partial charge >= 0.3 is 0 Å². The number of hydrogen-bond acceptors (Lipinski definition) is 21. The number of amides is 4. The number of aryl methyl sites for hydroxylation is 2. The number of carbonyl (C=O) groups excluding carboxylic acids is 9. The highest BCUT2D eigenvalue weighted by Crippen LogP contribution is 2.45. The van der Waals surface area contributed by atoms with Crippen LogP contribution in [0.5, 0.6) is 0 Å². The third kappa shape index (κ3) is 24.7. The molecule has 0 saturated heterocycles. The van der Waals surface area contributed by atoms with Gasteiger partial charge in [0.25, 0.3) is 17.6 Å². The number of benzene rings is 9. The summed E-state index contributed by atoms with van der Waals surface area (Å²) in [5.74, 6) is 9.57. The summed E-state index contributed by atoms with van der Waals surface area (Å²) >= 11 is 1.40. The number of thiazole rings is 1. The van der Waals surface area contributed by atoms with Crippen molar-refractivity contribution in [2.24, 2.45) is 16.1 Å². The maximum absolute atomic E-state index is 12.3. The van der Waals surface area contributed by atoms with Crippen LogP contribution < -0.4 is 31.2 Å². The van der Waals surface area contributed by atoms with Crippen LogP contribution in [-0.4, -0.2) is 132 Å². The summed E-state index contributed by atoms with van der Waals surface area (Å²) in [4.78, 5) is 117. The number of fused-ring (bicyclic) bond motifs is 9. The third-order valence-corrected chi connectivity index (χ3v) is 30.8. The van der Waals surface area contributed by atoms with E-state index in [1.807, 2.05) is 121 Å². The van der Waals surface area contributed by atoms with E-state index in [0.29, 0.717) is 120 Å². The zero-order valence-corrected chi connectivity index (χ0v) is 92.4. The van der Waals surface area contributed by atoms with Crippen LogP contribution in [0.4, 0.5) is 27.9 Å². The summed E-state index contributed by atoms with van der Waals surface area (Å²) in [6.45, 7) is 48.7. The number of aromatic nitrogens is 2. The van der Waals surface area contributed by atoms with Crippen molar-refractivity contribution in [3.63, 3.8) is 0 Å². The number of allylic oxidation sites excluding steroid dienone is 2. The predicted molar refractivity (Wildman–Crippen MR) is 595 cm³/mol. The highest BCUT2D eigenvalue weighted by Gasteiger charge is 2.46. The first-order valence-electron chi connectivity index (χ1n) is 50.7. The van der Waals surface area contributed by atoms with Crippen molar-refractivity contribution in [1.82, 2.24) is 14.4 Å². The quantitative estimate of drug-likeness (QED) is 0.0290. The molecule has 0 radical (unpaired) electrons. The molecule has 148 heavy (non-hydrogen) atoms. The van der Waals surface area contributed by atoms with Gasteiger partial charge in [0, 0.05) is 123 Å².